The number of rotatable bonds is 5. The van der Waals surface area contributed by atoms with E-state index >= 15 is 0 Å². The maximum absolute atomic E-state index is 12.8. The third kappa shape index (κ3) is 4.17. The lowest BCUT2D eigenvalue weighted by atomic mass is 10.0. The molecule has 3 aromatic rings. The second-order valence-corrected chi connectivity index (χ2v) is 6.86. The van der Waals surface area contributed by atoms with Crippen LogP contribution in [0.15, 0.2) is 42.7 Å². The summed E-state index contributed by atoms with van der Waals surface area (Å²) >= 11 is 0. The number of pyridine rings is 1. The molecule has 144 valence electrons. The van der Waals surface area contributed by atoms with Crippen LogP contribution in [0.25, 0.3) is 11.1 Å². The summed E-state index contributed by atoms with van der Waals surface area (Å²) in [6.45, 7) is 6.36. The largest absolute Gasteiger partial charge is 0.480 e. The van der Waals surface area contributed by atoms with Gasteiger partial charge in [0.1, 0.15) is 6.33 Å². The topological polar surface area (TPSA) is 68.2 Å². The normalized spacial score (nSPS) is 10.6. The summed E-state index contributed by atoms with van der Waals surface area (Å²) in [5.74, 6) is 0.463. The first-order valence-corrected chi connectivity index (χ1v) is 9.04. The number of methoxy groups -OCH3 is 1. The SMILES string of the molecule is COc1ncnc(C)c1-c1ccc(C(=O)N(C)Cc2cc(C)cc(C)n2)cc1. The summed E-state index contributed by atoms with van der Waals surface area (Å²) in [6.07, 6.45) is 1.48. The molecule has 3 rings (SSSR count). The first-order chi connectivity index (χ1) is 13.4. The van der Waals surface area contributed by atoms with Crippen molar-refractivity contribution in [3.05, 3.63) is 70.9 Å². The van der Waals surface area contributed by atoms with Gasteiger partial charge in [0.25, 0.3) is 5.91 Å². The van der Waals surface area contributed by atoms with Gasteiger partial charge in [-0.05, 0) is 56.2 Å². The van der Waals surface area contributed by atoms with Gasteiger partial charge >= 0.3 is 0 Å². The molecule has 28 heavy (non-hydrogen) atoms. The monoisotopic (exact) mass is 376 g/mol. The van der Waals surface area contributed by atoms with E-state index in [0.29, 0.717) is 18.0 Å². The van der Waals surface area contributed by atoms with Gasteiger partial charge in [0.15, 0.2) is 0 Å². The molecule has 2 aromatic heterocycles. The van der Waals surface area contributed by atoms with Gasteiger partial charge in [0.2, 0.25) is 5.88 Å². The Morgan fingerprint density at radius 3 is 2.43 bits per heavy atom. The molecule has 0 bridgehead atoms. The number of hydrogen-bond donors (Lipinski definition) is 0. The Balaban J connectivity index is 1.80. The highest BCUT2D eigenvalue weighted by atomic mass is 16.5. The van der Waals surface area contributed by atoms with E-state index < -0.39 is 0 Å². The van der Waals surface area contributed by atoms with E-state index in [-0.39, 0.29) is 5.91 Å². The molecule has 1 amide bonds. The minimum absolute atomic E-state index is 0.0551. The molecule has 0 aliphatic heterocycles. The summed E-state index contributed by atoms with van der Waals surface area (Å²) in [4.78, 5) is 27.4. The van der Waals surface area contributed by atoms with E-state index in [2.05, 4.69) is 15.0 Å². The molecule has 1 aromatic carbocycles. The van der Waals surface area contributed by atoms with Gasteiger partial charge in [-0.3, -0.25) is 9.78 Å². The second kappa shape index (κ2) is 8.17. The standard InChI is InChI=1S/C22H24N4O2/c1-14-10-15(2)25-19(11-14)12-26(4)22(27)18-8-6-17(7-9-18)20-16(3)23-13-24-21(20)28-5/h6-11,13H,12H2,1-5H3. The zero-order valence-corrected chi connectivity index (χ0v) is 16.9. The summed E-state index contributed by atoms with van der Waals surface area (Å²) in [6, 6.07) is 11.4. The Kier molecular flexibility index (Phi) is 5.68. The molecular weight excluding hydrogens is 352 g/mol. The van der Waals surface area contributed by atoms with E-state index in [1.807, 2.05) is 57.2 Å². The van der Waals surface area contributed by atoms with Gasteiger partial charge in [0, 0.05) is 18.3 Å². The van der Waals surface area contributed by atoms with Gasteiger partial charge in [-0.15, -0.1) is 0 Å². The van der Waals surface area contributed by atoms with Crippen LogP contribution in [-0.4, -0.2) is 39.9 Å². The molecule has 0 aliphatic carbocycles. The van der Waals surface area contributed by atoms with Crippen LogP contribution < -0.4 is 4.74 Å². The lowest BCUT2D eigenvalue weighted by molar-refractivity contribution is 0.0783. The molecule has 0 atom stereocenters. The van der Waals surface area contributed by atoms with Gasteiger partial charge in [-0.2, -0.15) is 0 Å². The van der Waals surface area contributed by atoms with Crippen molar-refractivity contribution in [2.45, 2.75) is 27.3 Å². The van der Waals surface area contributed by atoms with Crippen LogP contribution in [0.5, 0.6) is 5.88 Å². The fraction of sp³-hybridized carbons (Fsp3) is 0.273. The van der Waals surface area contributed by atoms with Gasteiger partial charge in [-0.1, -0.05) is 12.1 Å². The van der Waals surface area contributed by atoms with E-state index in [0.717, 1.165) is 33.8 Å². The van der Waals surface area contributed by atoms with E-state index in [1.165, 1.54) is 6.33 Å². The molecule has 0 N–H and O–H groups in total. The Labute approximate surface area is 165 Å². The fourth-order valence-electron chi connectivity index (χ4n) is 3.26. The Morgan fingerprint density at radius 1 is 1.07 bits per heavy atom. The number of carbonyl (C=O) groups is 1. The quantitative estimate of drug-likeness (QED) is 0.678. The van der Waals surface area contributed by atoms with Crippen LogP contribution in [0.3, 0.4) is 0 Å². The lowest BCUT2D eigenvalue weighted by Crippen LogP contribution is -2.26. The highest BCUT2D eigenvalue weighted by molar-refractivity contribution is 5.94. The van der Waals surface area contributed by atoms with Crippen LogP contribution >= 0.6 is 0 Å². The molecular formula is C22H24N4O2. The zero-order valence-electron chi connectivity index (χ0n) is 16.9. The Morgan fingerprint density at radius 2 is 1.79 bits per heavy atom. The Hall–Kier alpha value is -3.28. The molecule has 0 saturated heterocycles. The number of amides is 1. The predicted molar refractivity (Wildman–Crippen MR) is 108 cm³/mol. The van der Waals surface area contributed by atoms with Gasteiger partial charge in [0.05, 0.1) is 30.6 Å². The van der Waals surface area contributed by atoms with Crippen molar-refractivity contribution < 1.29 is 9.53 Å². The summed E-state index contributed by atoms with van der Waals surface area (Å²) in [5, 5.41) is 0. The van der Waals surface area contributed by atoms with Crippen LogP contribution in [0.2, 0.25) is 0 Å². The van der Waals surface area contributed by atoms with Crippen LogP contribution in [-0.2, 0) is 6.54 Å². The van der Waals surface area contributed by atoms with E-state index in [1.54, 1.807) is 19.1 Å². The minimum atomic E-state index is -0.0551. The number of nitrogens with zero attached hydrogens (tertiary/aromatic N) is 4. The first-order valence-electron chi connectivity index (χ1n) is 9.04. The molecule has 0 saturated carbocycles. The van der Waals surface area contributed by atoms with Crippen molar-refractivity contribution in [3.8, 4) is 17.0 Å². The molecule has 0 radical (unpaired) electrons. The summed E-state index contributed by atoms with van der Waals surface area (Å²) in [7, 11) is 3.37. The molecule has 0 aliphatic rings. The highest BCUT2D eigenvalue weighted by Gasteiger charge is 2.15. The Bertz CT molecular complexity index is 980. The van der Waals surface area contributed by atoms with Crippen molar-refractivity contribution in [1.29, 1.82) is 0 Å². The molecule has 0 unspecified atom stereocenters. The number of ether oxygens (including phenoxy) is 1. The van der Waals surface area contributed by atoms with E-state index in [9.17, 15) is 4.79 Å². The number of benzene rings is 1. The number of carbonyl (C=O) groups excluding carboxylic acids is 1. The van der Waals surface area contributed by atoms with E-state index in [4.69, 9.17) is 4.74 Å². The fourth-order valence-corrected chi connectivity index (χ4v) is 3.26. The first kappa shape index (κ1) is 19.5. The van der Waals surface area contributed by atoms with Crippen molar-refractivity contribution in [2.24, 2.45) is 0 Å². The minimum Gasteiger partial charge on any atom is -0.480 e. The molecule has 0 spiro atoms. The van der Waals surface area contributed by atoms with Crippen molar-refractivity contribution in [3.63, 3.8) is 0 Å². The van der Waals surface area contributed by atoms with Crippen LogP contribution in [0.4, 0.5) is 0 Å². The zero-order chi connectivity index (χ0) is 20.3. The third-order valence-electron chi connectivity index (χ3n) is 4.51. The number of aromatic nitrogens is 3. The third-order valence-corrected chi connectivity index (χ3v) is 4.51. The maximum Gasteiger partial charge on any atom is 0.253 e. The van der Waals surface area contributed by atoms with Gasteiger partial charge < -0.3 is 9.64 Å². The maximum atomic E-state index is 12.8. The average Bonchev–Trinajstić information content (AvgIpc) is 2.66. The van der Waals surface area contributed by atoms with Crippen LogP contribution in [0.1, 0.15) is 33.0 Å². The molecule has 0 fully saturated rings. The predicted octanol–water partition coefficient (Wildman–Crippen LogP) is 3.74. The number of hydrogen-bond acceptors (Lipinski definition) is 5. The summed E-state index contributed by atoms with van der Waals surface area (Å²) in [5.41, 5.74) is 6.15. The van der Waals surface area contributed by atoms with Crippen molar-refractivity contribution >= 4 is 5.91 Å². The second-order valence-electron chi connectivity index (χ2n) is 6.86. The molecule has 6 heteroatoms. The van der Waals surface area contributed by atoms with Crippen molar-refractivity contribution in [1.82, 2.24) is 19.9 Å². The van der Waals surface area contributed by atoms with Crippen molar-refractivity contribution in [2.75, 3.05) is 14.2 Å². The average molecular weight is 376 g/mol. The lowest BCUT2D eigenvalue weighted by Gasteiger charge is -2.18. The van der Waals surface area contributed by atoms with Gasteiger partial charge in [-0.25, -0.2) is 9.97 Å². The highest BCUT2D eigenvalue weighted by Crippen LogP contribution is 2.30. The number of aryl methyl sites for hydroxylation is 3. The smallest absolute Gasteiger partial charge is 0.253 e. The van der Waals surface area contributed by atoms with Crippen LogP contribution in [0, 0.1) is 20.8 Å². The summed E-state index contributed by atoms with van der Waals surface area (Å²) < 4.78 is 5.35. The molecule has 2 heterocycles. The molecule has 6 nitrogen and oxygen atoms in total.